The van der Waals surface area contributed by atoms with Gasteiger partial charge in [0.2, 0.25) is 0 Å². The van der Waals surface area contributed by atoms with Gasteiger partial charge in [0, 0.05) is 39.4 Å². The normalized spacial score (nSPS) is 16.0. The maximum Gasteiger partial charge on any atom is 0.0714 e. The Morgan fingerprint density at radius 3 is 1.78 bits per heavy atom. The quantitative estimate of drug-likeness (QED) is 0.162. The predicted octanol–water partition coefficient (Wildman–Crippen LogP) is 16.4. The first-order valence-electron chi connectivity index (χ1n) is 22.8. The third-order valence-corrected chi connectivity index (χ3v) is 14.0. The number of hydrogen-bond donors (Lipinski definition) is 0. The monoisotopic (exact) mass is 832 g/mol. The second kappa shape index (κ2) is 15.4. The van der Waals surface area contributed by atoms with E-state index in [0.717, 1.165) is 23.2 Å². The minimum atomic E-state index is -0.475. The first-order valence-corrected chi connectivity index (χ1v) is 22.8. The second-order valence-electron chi connectivity index (χ2n) is 17.9. The van der Waals surface area contributed by atoms with E-state index in [1.165, 1.54) is 94.4 Å². The molecule has 1 aliphatic carbocycles. The SMILES string of the molecule is C=C1/C=C(/C)C[C@H](C)N(c2ccc(-c3ccccc3)cc2)c2ccc(-c3ccc4c(c3)c3ccccc3n4-c3ccc4c(c3)C(c3ccccc3)(c3ccccc3)c3ccccc3-4)cc21. The van der Waals surface area contributed by atoms with Crippen LogP contribution in [-0.4, -0.2) is 10.6 Å². The summed E-state index contributed by atoms with van der Waals surface area (Å²) in [6.07, 6.45) is 3.24. The summed E-state index contributed by atoms with van der Waals surface area (Å²) in [5, 5.41) is 2.47. The van der Waals surface area contributed by atoms with Gasteiger partial charge >= 0.3 is 0 Å². The number of rotatable bonds is 6. The minimum Gasteiger partial charge on any atom is -0.338 e. The Morgan fingerprint density at radius 2 is 1.03 bits per heavy atom. The topological polar surface area (TPSA) is 8.17 Å². The average Bonchev–Trinajstić information content (AvgIpc) is 3.85. The third kappa shape index (κ3) is 6.16. The van der Waals surface area contributed by atoms with Gasteiger partial charge in [-0.05, 0) is 136 Å². The van der Waals surface area contributed by atoms with Crippen LogP contribution in [0, 0.1) is 0 Å². The van der Waals surface area contributed by atoms with E-state index in [0.29, 0.717) is 0 Å². The van der Waals surface area contributed by atoms with Crippen molar-refractivity contribution >= 4 is 38.8 Å². The van der Waals surface area contributed by atoms with Gasteiger partial charge in [-0.3, -0.25) is 0 Å². The summed E-state index contributed by atoms with van der Waals surface area (Å²) in [6.45, 7) is 9.23. The fourth-order valence-corrected chi connectivity index (χ4v) is 11.3. The highest BCUT2D eigenvalue weighted by Crippen LogP contribution is 2.56. The zero-order valence-electron chi connectivity index (χ0n) is 36.7. The molecule has 0 N–H and O–H groups in total. The molecule has 0 unspecified atom stereocenters. The van der Waals surface area contributed by atoms with Crippen LogP contribution in [0.3, 0.4) is 0 Å². The van der Waals surface area contributed by atoms with Gasteiger partial charge in [0.05, 0.1) is 16.4 Å². The lowest BCUT2D eigenvalue weighted by molar-refractivity contribution is 0.700. The highest BCUT2D eigenvalue weighted by molar-refractivity contribution is 6.10. The molecule has 0 fully saturated rings. The molecule has 0 saturated heterocycles. The fourth-order valence-electron chi connectivity index (χ4n) is 11.3. The number of nitrogens with zero attached hydrogens (tertiary/aromatic N) is 2. The van der Waals surface area contributed by atoms with Crippen molar-refractivity contribution in [2.45, 2.75) is 31.7 Å². The molecule has 2 heteroatoms. The van der Waals surface area contributed by atoms with Crippen LogP contribution >= 0.6 is 0 Å². The number of hydrogen-bond acceptors (Lipinski definition) is 1. The molecular formula is C63H48N2. The molecule has 0 saturated carbocycles. The van der Waals surface area contributed by atoms with Crippen LogP contribution in [0.1, 0.15) is 48.1 Å². The van der Waals surface area contributed by atoms with Crippen molar-refractivity contribution in [3.63, 3.8) is 0 Å². The lowest BCUT2D eigenvalue weighted by Crippen LogP contribution is -2.30. The van der Waals surface area contributed by atoms with Crippen LogP contribution in [0.4, 0.5) is 11.4 Å². The van der Waals surface area contributed by atoms with Gasteiger partial charge < -0.3 is 9.47 Å². The molecule has 0 radical (unpaired) electrons. The van der Waals surface area contributed by atoms with Crippen molar-refractivity contribution in [2.24, 2.45) is 0 Å². The lowest BCUT2D eigenvalue weighted by Gasteiger charge is -2.35. The maximum absolute atomic E-state index is 4.66. The van der Waals surface area contributed by atoms with Crippen molar-refractivity contribution in [1.29, 1.82) is 0 Å². The Morgan fingerprint density at radius 1 is 0.462 bits per heavy atom. The number of anilines is 2. The van der Waals surface area contributed by atoms with E-state index in [9.17, 15) is 0 Å². The molecule has 65 heavy (non-hydrogen) atoms. The largest absolute Gasteiger partial charge is 0.338 e. The van der Waals surface area contributed by atoms with E-state index in [1.54, 1.807) is 0 Å². The summed E-state index contributed by atoms with van der Waals surface area (Å²) in [6, 6.07) is 81.0. The number of benzene rings is 9. The van der Waals surface area contributed by atoms with Crippen molar-refractivity contribution in [2.75, 3.05) is 4.90 Å². The van der Waals surface area contributed by atoms with Gasteiger partial charge in [-0.25, -0.2) is 0 Å². The molecule has 2 aliphatic rings. The number of fused-ring (bicyclic) bond motifs is 7. The summed E-state index contributed by atoms with van der Waals surface area (Å²) in [5.74, 6) is 0. The molecule has 12 rings (SSSR count). The summed E-state index contributed by atoms with van der Waals surface area (Å²) >= 11 is 0. The van der Waals surface area contributed by atoms with Crippen molar-refractivity contribution in [1.82, 2.24) is 4.57 Å². The first kappa shape index (κ1) is 38.7. The van der Waals surface area contributed by atoms with Crippen LogP contribution in [0.25, 0.3) is 66.4 Å². The standard InChI is InChI=1S/C63H48N2/c1-42-37-43(2)56-39-47(29-35-61(56)64(44(3)38-42)51-31-27-46(28-32-51)45-17-7-4-8-18-45)48-30-36-62-57(40-48)55-24-14-16-26-60(55)65(62)52-33-34-54-53-23-13-15-25-58(53)63(59(54)41-52,49-19-9-5-10-20-49)50-21-11-6-12-22-50/h4-37,39-41,44H,2,38H2,1,3H3/b42-37-/t44-/m0/s1. The molecule has 10 aromatic rings. The van der Waals surface area contributed by atoms with Crippen molar-refractivity contribution in [3.8, 4) is 39.1 Å². The molecule has 2 nitrogen and oxygen atoms in total. The van der Waals surface area contributed by atoms with Gasteiger partial charge in [-0.2, -0.15) is 0 Å². The van der Waals surface area contributed by atoms with E-state index in [2.05, 4.69) is 254 Å². The molecule has 1 atom stereocenters. The number of aromatic nitrogens is 1. The van der Waals surface area contributed by atoms with Gasteiger partial charge in [-0.1, -0.05) is 182 Å². The van der Waals surface area contributed by atoms with E-state index in [4.69, 9.17) is 0 Å². The summed E-state index contributed by atoms with van der Waals surface area (Å²) in [4.78, 5) is 2.51. The molecule has 0 bridgehead atoms. The third-order valence-electron chi connectivity index (χ3n) is 14.0. The van der Waals surface area contributed by atoms with Crippen LogP contribution in [0.2, 0.25) is 0 Å². The lowest BCUT2D eigenvalue weighted by atomic mass is 9.67. The molecule has 9 aromatic carbocycles. The zero-order chi connectivity index (χ0) is 43.6. The molecule has 0 spiro atoms. The Hall–Kier alpha value is -7.94. The highest BCUT2D eigenvalue weighted by Gasteiger charge is 2.46. The molecule has 1 aromatic heterocycles. The first-order chi connectivity index (χ1) is 32.0. The van der Waals surface area contributed by atoms with Crippen LogP contribution in [0.5, 0.6) is 0 Å². The number of allylic oxidation sites excluding steroid dienone is 2. The van der Waals surface area contributed by atoms with E-state index in [1.807, 2.05) is 0 Å². The zero-order valence-corrected chi connectivity index (χ0v) is 36.7. The van der Waals surface area contributed by atoms with Gasteiger partial charge in [0.25, 0.3) is 0 Å². The van der Waals surface area contributed by atoms with Crippen LogP contribution < -0.4 is 4.90 Å². The Kier molecular flexibility index (Phi) is 9.17. The molecule has 2 heterocycles. The smallest absolute Gasteiger partial charge is 0.0714 e. The summed E-state index contributed by atoms with van der Waals surface area (Å²) in [7, 11) is 0. The Labute approximate surface area is 381 Å². The molecule has 310 valence electrons. The predicted molar refractivity (Wildman–Crippen MR) is 274 cm³/mol. The Bertz CT molecular complexity index is 3440. The van der Waals surface area contributed by atoms with Crippen LogP contribution in [0.15, 0.2) is 237 Å². The van der Waals surface area contributed by atoms with Crippen molar-refractivity contribution < 1.29 is 0 Å². The fraction of sp³-hybridized carbons (Fsp3) is 0.0794. The van der Waals surface area contributed by atoms with E-state index < -0.39 is 5.41 Å². The highest BCUT2D eigenvalue weighted by atomic mass is 15.2. The minimum absolute atomic E-state index is 0.257. The molecule has 1 aliphatic heterocycles. The van der Waals surface area contributed by atoms with E-state index in [-0.39, 0.29) is 6.04 Å². The molecular weight excluding hydrogens is 785 g/mol. The van der Waals surface area contributed by atoms with Gasteiger partial charge in [0.15, 0.2) is 0 Å². The Balaban J connectivity index is 0.994. The van der Waals surface area contributed by atoms with Crippen LogP contribution in [-0.2, 0) is 5.41 Å². The second-order valence-corrected chi connectivity index (χ2v) is 17.9. The van der Waals surface area contributed by atoms with Crippen molar-refractivity contribution in [3.05, 3.63) is 264 Å². The summed E-state index contributed by atoms with van der Waals surface area (Å²) in [5.41, 5.74) is 21.5. The van der Waals surface area contributed by atoms with Gasteiger partial charge in [-0.15, -0.1) is 0 Å². The number of para-hydroxylation sites is 1. The van der Waals surface area contributed by atoms with Gasteiger partial charge in [0.1, 0.15) is 0 Å². The average molecular weight is 833 g/mol. The molecule has 0 amide bonds. The maximum atomic E-state index is 4.66. The summed E-state index contributed by atoms with van der Waals surface area (Å²) < 4.78 is 2.47. The van der Waals surface area contributed by atoms with E-state index >= 15 is 0 Å².